The zero-order valence-corrected chi connectivity index (χ0v) is 13.3. The highest BCUT2D eigenvalue weighted by Crippen LogP contribution is 2.35. The normalized spacial score (nSPS) is 11.1. The summed E-state index contributed by atoms with van der Waals surface area (Å²) in [4.78, 5) is 4.75. The Morgan fingerprint density at radius 3 is 2.68 bits per heavy atom. The van der Waals surface area contributed by atoms with Gasteiger partial charge in [0.2, 0.25) is 0 Å². The van der Waals surface area contributed by atoms with Crippen molar-refractivity contribution in [3.05, 3.63) is 28.2 Å². The standard InChI is InChI=1S/C15H19BrN2O/c1-5-17-15-10(9(2)3)8-11-12(16)6-7-13(19-4)14(11)18-15/h6-9H,5H2,1-4H3,(H,17,18). The van der Waals surface area contributed by atoms with Crippen LogP contribution in [0.15, 0.2) is 22.7 Å². The van der Waals surface area contributed by atoms with E-state index >= 15 is 0 Å². The first-order chi connectivity index (χ1) is 9.08. The Balaban J connectivity index is 2.76. The Bertz CT molecular complexity index is 596. The van der Waals surface area contributed by atoms with Crippen molar-refractivity contribution < 1.29 is 4.74 Å². The summed E-state index contributed by atoms with van der Waals surface area (Å²) in [7, 11) is 1.67. The number of ether oxygens (including phenoxy) is 1. The molecule has 2 aromatic rings. The lowest BCUT2D eigenvalue weighted by molar-refractivity contribution is 0.419. The van der Waals surface area contributed by atoms with Gasteiger partial charge in [-0.3, -0.25) is 0 Å². The number of hydrogen-bond acceptors (Lipinski definition) is 3. The maximum atomic E-state index is 5.40. The van der Waals surface area contributed by atoms with Crippen LogP contribution in [-0.4, -0.2) is 18.6 Å². The van der Waals surface area contributed by atoms with Gasteiger partial charge in [-0.15, -0.1) is 0 Å². The smallest absolute Gasteiger partial charge is 0.145 e. The summed E-state index contributed by atoms with van der Waals surface area (Å²) >= 11 is 3.59. The van der Waals surface area contributed by atoms with Crippen LogP contribution in [0.2, 0.25) is 0 Å². The SMILES string of the molecule is CCNc1nc2c(OC)ccc(Br)c2cc1C(C)C. The predicted octanol–water partition coefficient (Wildman–Crippen LogP) is 4.56. The minimum atomic E-state index is 0.420. The molecule has 0 saturated heterocycles. The van der Waals surface area contributed by atoms with Gasteiger partial charge in [-0.25, -0.2) is 4.98 Å². The van der Waals surface area contributed by atoms with E-state index in [9.17, 15) is 0 Å². The molecule has 0 amide bonds. The molecule has 19 heavy (non-hydrogen) atoms. The Morgan fingerprint density at radius 1 is 1.37 bits per heavy atom. The van der Waals surface area contributed by atoms with Gasteiger partial charge in [0, 0.05) is 16.4 Å². The van der Waals surface area contributed by atoms with E-state index in [2.05, 4.69) is 48.1 Å². The maximum Gasteiger partial charge on any atom is 0.145 e. The minimum Gasteiger partial charge on any atom is -0.494 e. The van der Waals surface area contributed by atoms with Crippen molar-refractivity contribution in [3.63, 3.8) is 0 Å². The molecule has 1 aromatic carbocycles. The molecule has 0 bridgehead atoms. The molecule has 0 radical (unpaired) electrons. The van der Waals surface area contributed by atoms with E-state index in [4.69, 9.17) is 9.72 Å². The van der Waals surface area contributed by atoms with Gasteiger partial charge in [-0.05, 0) is 36.6 Å². The molecule has 0 aliphatic heterocycles. The van der Waals surface area contributed by atoms with Gasteiger partial charge in [0.1, 0.15) is 17.1 Å². The van der Waals surface area contributed by atoms with Crippen molar-refractivity contribution in [1.29, 1.82) is 0 Å². The molecule has 1 heterocycles. The molecule has 4 heteroatoms. The number of anilines is 1. The molecule has 0 aliphatic carbocycles. The van der Waals surface area contributed by atoms with Crippen molar-refractivity contribution in [3.8, 4) is 5.75 Å². The molecule has 0 aliphatic rings. The van der Waals surface area contributed by atoms with Gasteiger partial charge >= 0.3 is 0 Å². The average molecular weight is 323 g/mol. The monoisotopic (exact) mass is 322 g/mol. The average Bonchev–Trinajstić information content (AvgIpc) is 2.39. The van der Waals surface area contributed by atoms with Gasteiger partial charge < -0.3 is 10.1 Å². The number of halogens is 1. The lowest BCUT2D eigenvalue weighted by Gasteiger charge is -2.16. The van der Waals surface area contributed by atoms with Crippen LogP contribution >= 0.6 is 15.9 Å². The number of aromatic nitrogens is 1. The third-order valence-corrected chi connectivity index (χ3v) is 3.80. The van der Waals surface area contributed by atoms with Crippen LogP contribution in [0.3, 0.4) is 0 Å². The third kappa shape index (κ3) is 2.68. The second-order valence-electron chi connectivity index (χ2n) is 4.76. The first kappa shape index (κ1) is 14.1. The molecular weight excluding hydrogens is 304 g/mol. The van der Waals surface area contributed by atoms with Gasteiger partial charge in [-0.2, -0.15) is 0 Å². The molecule has 0 atom stereocenters. The zero-order chi connectivity index (χ0) is 14.0. The van der Waals surface area contributed by atoms with E-state index in [1.165, 1.54) is 5.56 Å². The quantitative estimate of drug-likeness (QED) is 0.895. The van der Waals surface area contributed by atoms with E-state index in [0.29, 0.717) is 5.92 Å². The summed E-state index contributed by atoms with van der Waals surface area (Å²) in [5, 5.41) is 4.43. The highest BCUT2D eigenvalue weighted by atomic mass is 79.9. The first-order valence-corrected chi connectivity index (χ1v) is 7.28. The Kier molecular flexibility index (Phi) is 4.30. The van der Waals surface area contributed by atoms with Crippen molar-refractivity contribution in [2.24, 2.45) is 0 Å². The van der Waals surface area contributed by atoms with Crippen LogP contribution < -0.4 is 10.1 Å². The molecule has 2 rings (SSSR count). The van der Waals surface area contributed by atoms with Gasteiger partial charge in [0.25, 0.3) is 0 Å². The summed E-state index contributed by atoms with van der Waals surface area (Å²) < 4.78 is 6.45. The summed E-state index contributed by atoms with van der Waals surface area (Å²) in [6.45, 7) is 7.29. The molecule has 3 nitrogen and oxygen atoms in total. The van der Waals surface area contributed by atoms with E-state index in [1.54, 1.807) is 7.11 Å². The van der Waals surface area contributed by atoms with Crippen LogP contribution in [-0.2, 0) is 0 Å². The number of nitrogens with zero attached hydrogens (tertiary/aromatic N) is 1. The van der Waals surface area contributed by atoms with Gasteiger partial charge in [0.05, 0.1) is 7.11 Å². The van der Waals surface area contributed by atoms with Gasteiger partial charge in [0.15, 0.2) is 0 Å². The number of methoxy groups -OCH3 is 1. The van der Waals surface area contributed by atoms with Gasteiger partial charge in [-0.1, -0.05) is 29.8 Å². The van der Waals surface area contributed by atoms with Crippen molar-refractivity contribution in [1.82, 2.24) is 4.98 Å². The number of hydrogen-bond donors (Lipinski definition) is 1. The Labute approximate surface area is 122 Å². The number of fused-ring (bicyclic) bond motifs is 1. The molecule has 0 spiro atoms. The first-order valence-electron chi connectivity index (χ1n) is 6.49. The molecule has 1 aromatic heterocycles. The van der Waals surface area contributed by atoms with Crippen molar-refractivity contribution in [2.75, 3.05) is 19.0 Å². The van der Waals surface area contributed by atoms with E-state index in [0.717, 1.165) is 33.5 Å². The molecule has 0 fully saturated rings. The number of benzene rings is 1. The predicted molar refractivity (Wildman–Crippen MR) is 84.2 cm³/mol. The fourth-order valence-electron chi connectivity index (χ4n) is 2.13. The summed E-state index contributed by atoms with van der Waals surface area (Å²) in [6, 6.07) is 6.13. The topological polar surface area (TPSA) is 34.2 Å². The van der Waals surface area contributed by atoms with Crippen molar-refractivity contribution in [2.45, 2.75) is 26.7 Å². The van der Waals surface area contributed by atoms with Crippen LogP contribution in [0.25, 0.3) is 10.9 Å². The van der Waals surface area contributed by atoms with Crippen molar-refractivity contribution >= 4 is 32.7 Å². The van der Waals surface area contributed by atoms with Crippen LogP contribution in [0.5, 0.6) is 5.75 Å². The molecule has 102 valence electrons. The second-order valence-corrected chi connectivity index (χ2v) is 5.61. The van der Waals surface area contributed by atoms with E-state index in [1.807, 2.05) is 12.1 Å². The molecule has 1 N–H and O–H groups in total. The Hall–Kier alpha value is -1.29. The summed E-state index contributed by atoms with van der Waals surface area (Å²) in [5.41, 5.74) is 2.11. The zero-order valence-electron chi connectivity index (χ0n) is 11.7. The number of nitrogens with one attached hydrogen (secondary N) is 1. The fraction of sp³-hybridized carbons (Fsp3) is 0.400. The lowest BCUT2D eigenvalue weighted by Crippen LogP contribution is -2.05. The molecule has 0 unspecified atom stereocenters. The second kappa shape index (κ2) is 5.78. The summed E-state index contributed by atoms with van der Waals surface area (Å²) in [6.07, 6.45) is 0. The lowest BCUT2D eigenvalue weighted by atomic mass is 10.0. The van der Waals surface area contributed by atoms with Crippen LogP contribution in [0.1, 0.15) is 32.3 Å². The largest absolute Gasteiger partial charge is 0.494 e. The van der Waals surface area contributed by atoms with E-state index in [-0.39, 0.29) is 0 Å². The molecule has 0 saturated carbocycles. The minimum absolute atomic E-state index is 0.420. The Morgan fingerprint density at radius 2 is 2.11 bits per heavy atom. The number of rotatable bonds is 4. The third-order valence-electron chi connectivity index (χ3n) is 3.11. The highest BCUT2D eigenvalue weighted by Gasteiger charge is 2.14. The van der Waals surface area contributed by atoms with Crippen LogP contribution in [0.4, 0.5) is 5.82 Å². The summed E-state index contributed by atoms with van der Waals surface area (Å²) in [5.74, 6) is 2.16. The highest BCUT2D eigenvalue weighted by molar-refractivity contribution is 9.10. The number of pyridine rings is 1. The maximum absolute atomic E-state index is 5.40. The van der Waals surface area contributed by atoms with Crippen LogP contribution in [0, 0.1) is 0 Å². The fourth-order valence-corrected chi connectivity index (χ4v) is 2.56. The molecular formula is C15H19BrN2O. The van der Waals surface area contributed by atoms with E-state index < -0.39 is 0 Å².